The van der Waals surface area contributed by atoms with Gasteiger partial charge in [-0.1, -0.05) is 35.9 Å². The van der Waals surface area contributed by atoms with Crippen LogP contribution in [0.4, 0.5) is 4.39 Å². The molecule has 3 heterocycles. The number of hydrogen-bond donors (Lipinski definition) is 1. The average Bonchev–Trinajstić information content (AvgIpc) is 3.36. The summed E-state index contributed by atoms with van der Waals surface area (Å²) in [6.45, 7) is 4.73. The molecular formula is C27H26FN5. The molecule has 0 unspecified atom stereocenters. The number of hydrogen-bond acceptors (Lipinski definition) is 4. The number of benzene rings is 2. The molecule has 0 saturated carbocycles. The molecule has 4 aromatic rings. The topological polar surface area (TPSA) is 70.9 Å². The number of nitrogens with two attached hydrogens (primary N) is 1. The smallest absolute Gasteiger partial charge is 0.141 e. The van der Waals surface area contributed by atoms with E-state index in [0.717, 1.165) is 65.0 Å². The van der Waals surface area contributed by atoms with Crippen LogP contribution < -0.4 is 5.73 Å². The van der Waals surface area contributed by atoms with E-state index in [1.54, 1.807) is 0 Å². The molecule has 6 heteroatoms. The molecule has 2 N–H and O–H groups in total. The zero-order valence-corrected chi connectivity index (χ0v) is 18.8. The molecule has 0 aliphatic carbocycles. The maximum Gasteiger partial charge on any atom is 0.141 e. The molecule has 2 aromatic heterocycles. The molecule has 0 bridgehead atoms. The van der Waals surface area contributed by atoms with Crippen LogP contribution in [-0.2, 0) is 13.6 Å². The lowest BCUT2D eigenvalue weighted by atomic mass is 9.95. The molecule has 1 saturated heterocycles. The van der Waals surface area contributed by atoms with Gasteiger partial charge in [0.25, 0.3) is 0 Å². The number of halogens is 1. The number of aromatic nitrogens is 2. The highest BCUT2D eigenvalue weighted by Crippen LogP contribution is 2.38. The maximum absolute atomic E-state index is 14.6. The van der Waals surface area contributed by atoms with Crippen LogP contribution in [0.3, 0.4) is 0 Å². The quantitative estimate of drug-likeness (QED) is 0.498. The van der Waals surface area contributed by atoms with Gasteiger partial charge in [-0.2, -0.15) is 5.26 Å². The molecule has 0 spiro atoms. The molecule has 5 rings (SSSR count). The molecular weight excluding hydrogens is 413 g/mol. The van der Waals surface area contributed by atoms with Gasteiger partial charge >= 0.3 is 0 Å². The summed E-state index contributed by atoms with van der Waals surface area (Å²) in [6, 6.07) is 17.3. The van der Waals surface area contributed by atoms with Gasteiger partial charge in [0.05, 0.1) is 23.0 Å². The largest absolute Gasteiger partial charge is 0.345 e. The van der Waals surface area contributed by atoms with Crippen LogP contribution in [0.2, 0.25) is 0 Å². The monoisotopic (exact) mass is 439 g/mol. The Morgan fingerprint density at radius 2 is 1.91 bits per heavy atom. The minimum Gasteiger partial charge on any atom is -0.345 e. The molecule has 1 atom stereocenters. The predicted molar refractivity (Wildman–Crippen MR) is 129 cm³/mol. The molecule has 33 heavy (non-hydrogen) atoms. The van der Waals surface area contributed by atoms with Gasteiger partial charge < -0.3 is 10.3 Å². The van der Waals surface area contributed by atoms with Gasteiger partial charge in [0.15, 0.2) is 0 Å². The summed E-state index contributed by atoms with van der Waals surface area (Å²) in [6.07, 6.45) is 2.91. The van der Waals surface area contributed by atoms with Crippen LogP contribution in [0.25, 0.3) is 33.3 Å². The maximum atomic E-state index is 14.6. The van der Waals surface area contributed by atoms with E-state index >= 15 is 0 Å². The van der Waals surface area contributed by atoms with E-state index in [-0.39, 0.29) is 11.6 Å². The van der Waals surface area contributed by atoms with E-state index in [9.17, 15) is 9.65 Å². The van der Waals surface area contributed by atoms with Gasteiger partial charge in [-0.3, -0.25) is 9.88 Å². The van der Waals surface area contributed by atoms with Crippen molar-refractivity contribution in [2.24, 2.45) is 12.8 Å². The first-order chi connectivity index (χ1) is 15.9. The minimum atomic E-state index is -0.524. The second kappa shape index (κ2) is 8.43. The van der Waals surface area contributed by atoms with Crippen molar-refractivity contribution in [3.8, 4) is 28.5 Å². The van der Waals surface area contributed by atoms with Gasteiger partial charge in [0.1, 0.15) is 11.9 Å². The van der Waals surface area contributed by atoms with Crippen LogP contribution in [0.15, 0.2) is 54.7 Å². The van der Waals surface area contributed by atoms with Crippen molar-refractivity contribution >= 4 is 10.9 Å². The predicted octanol–water partition coefficient (Wildman–Crippen LogP) is 4.76. The molecule has 5 nitrogen and oxygen atoms in total. The third-order valence-electron chi connectivity index (χ3n) is 6.60. The Bertz CT molecular complexity index is 1380. The Labute approximate surface area is 192 Å². The number of nitrogens with zero attached hydrogens (tertiary/aromatic N) is 4. The first-order valence-corrected chi connectivity index (χ1v) is 11.2. The second-order valence-electron chi connectivity index (χ2n) is 8.93. The molecule has 1 aliphatic rings. The van der Waals surface area contributed by atoms with Crippen LogP contribution in [0.5, 0.6) is 0 Å². The molecule has 0 amide bonds. The number of nitriles is 1. The third kappa shape index (κ3) is 3.91. The lowest BCUT2D eigenvalue weighted by molar-refractivity contribution is 0.319. The third-order valence-corrected chi connectivity index (χ3v) is 6.60. The van der Waals surface area contributed by atoms with Crippen molar-refractivity contribution in [2.75, 3.05) is 13.1 Å². The molecule has 2 aromatic carbocycles. The fourth-order valence-corrected chi connectivity index (χ4v) is 4.72. The number of pyridine rings is 1. The second-order valence-corrected chi connectivity index (χ2v) is 8.93. The Balaban J connectivity index is 1.71. The first kappa shape index (κ1) is 21.3. The van der Waals surface area contributed by atoms with Gasteiger partial charge in [-0.15, -0.1) is 0 Å². The van der Waals surface area contributed by atoms with Gasteiger partial charge in [0.2, 0.25) is 0 Å². The van der Waals surface area contributed by atoms with Crippen molar-refractivity contribution in [1.29, 1.82) is 5.26 Å². The van der Waals surface area contributed by atoms with Gasteiger partial charge in [0, 0.05) is 54.9 Å². The summed E-state index contributed by atoms with van der Waals surface area (Å²) in [5.74, 6) is -0.524. The summed E-state index contributed by atoms with van der Waals surface area (Å²) in [5.41, 5.74) is 12.8. The summed E-state index contributed by atoms with van der Waals surface area (Å²) in [4.78, 5) is 7.20. The zero-order chi connectivity index (χ0) is 23.1. The highest BCUT2D eigenvalue weighted by molar-refractivity contribution is 6.02. The standard InChI is InChI=1S/C27H26FN5/c1-17-3-5-18(6-4-17)27-26(19-7-8-20(13-29)24(28)11-19)23-12-22(32(2)25(23)14-31-27)16-33-10-9-21(30)15-33/h3-8,11-12,14,21H,9-10,15-16,30H2,1-2H3/t21-/m0/s1. The summed E-state index contributed by atoms with van der Waals surface area (Å²) in [7, 11) is 2.05. The molecule has 166 valence electrons. The molecule has 1 aliphatic heterocycles. The van der Waals surface area contributed by atoms with Crippen molar-refractivity contribution in [3.05, 3.63) is 77.4 Å². The Morgan fingerprint density at radius 3 is 2.58 bits per heavy atom. The Kier molecular flexibility index (Phi) is 5.45. The van der Waals surface area contributed by atoms with E-state index in [1.165, 1.54) is 12.1 Å². The lowest BCUT2D eigenvalue weighted by Crippen LogP contribution is -2.26. The van der Waals surface area contributed by atoms with E-state index in [0.29, 0.717) is 5.56 Å². The van der Waals surface area contributed by atoms with Gasteiger partial charge in [-0.25, -0.2) is 4.39 Å². The summed E-state index contributed by atoms with van der Waals surface area (Å²) >= 11 is 0. The van der Waals surface area contributed by atoms with E-state index in [2.05, 4.69) is 27.7 Å². The molecule has 1 fully saturated rings. The fourth-order valence-electron chi connectivity index (χ4n) is 4.72. The number of likely N-dealkylation sites (tertiary alicyclic amines) is 1. The van der Waals surface area contributed by atoms with Crippen LogP contribution in [-0.4, -0.2) is 33.6 Å². The number of aryl methyl sites for hydroxylation is 2. The zero-order valence-electron chi connectivity index (χ0n) is 18.8. The van der Waals surface area contributed by atoms with Gasteiger partial charge in [-0.05, 0) is 37.1 Å². The minimum absolute atomic E-state index is 0.0369. The average molecular weight is 440 g/mol. The summed E-state index contributed by atoms with van der Waals surface area (Å²) in [5, 5.41) is 10.2. The number of rotatable bonds is 4. The highest BCUT2D eigenvalue weighted by atomic mass is 19.1. The van der Waals surface area contributed by atoms with Crippen LogP contribution in [0, 0.1) is 24.1 Å². The normalized spacial score (nSPS) is 16.4. The van der Waals surface area contributed by atoms with Crippen molar-refractivity contribution in [2.45, 2.75) is 25.9 Å². The first-order valence-electron chi connectivity index (χ1n) is 11.2. The lowest BCUT2D eigenvalue weighted by Gasteiger charge is -2.15. The van der Waals surface area contributed by atoms with Crippen LogP contribution >= 0.6 is 0 Å². The van der Waals surface area contributed by atoms with E-state index in [1.807, 2.05) is 44.4 Å². The van der Waals surface area contributed by atoms with Crippen LogP contribution in [0.1, 0.15) is 23.2 Å². The Hall–Kier alpha value is -3.53. The summed E-state index contributed by atoms with van der Waals surface area (Å²) < 4.78 is 16.8. The van der Waals surface area contributed by atoms with E-state index in [4.69, 9.17) is 10.7 Å². The molecule has 0 radical (unpaired) electrons. The van der Waals surface area contributed by atoms with Crippen molar-refractivity contribution < 1.29 is 4.39 Å². The van der Waals surface area contributed by atoms with Crippen molar-refractivity contribution in [3.63, 3.8) is 0 Å². The Morgan fingerprint density at radius 1 is 1.15 bits per heavy atom. The number of fused-ring (bicyclic) bond motifs is 1. The van der Waals surface area contributed by atoms with E-state index < -0.39 is 5.82 Å². The fraction of sp³-hybridized carbons (Fsp3) is 0.259. The SMILES string of the molecule is Cc1ccc(-c2ncc3c(cc(CN4CC[C@H](N)C4)n3C)c2-c2ccc(C#N)c(F)c2)cc1. The highest BCUT2D eigenvalue weighted by Gasteiger charge is 2.22. The van der Waals surface area contributed by atoms with Crippen molar-refractivity contribution in [1.82, 2.24) is 14.5 Å².